The Labute approximate surface area is 198 Å². The van der Waals surface area contributed by atoms with Gasteiger partial charge in [-0.25, -0.2) is 4.68 Å². The predicted molar refractivity (Wildman–Crippen MR) is 132 cm³/mol. The van der Waals surface area contributed by atoms with Crippen LogP contribution in [0.25, 0.3) is 10.8 Å². The summed E-state index contributed by atoms with van der Waals surface area (Å²) in [5.74, 6) is 0.0198. The Morgan fingerprint density at radius 1 is 1.03 bits per heavy atom. The highest BCUT2D eigenvalue weighted by Crippen LogP contribution is 2.42. The average Bonchev–Trinajstić information content (AvgIpc) is 3.43. The minimum atomic E-state index is 0.0198. The first-order valence-corrected chi connectivity index (χ1v) is 12.3. The Morgan fingerprint density at radius 3 is 2.64 bits per heavy atom. The van der Waals surface area contributed by atoms with Crippen molar-refractivity contribution in [1.29, 1.82) is 0 Å². The van der Waals surface area contributed by atoms with Gasteiger partial charge >= 0.3 is 0 Å². The van der Waals surface area contributed by atoms with Crippen LogP contribution in [-0.4, -0.2) is 44.0 Å². The van der Waals surface area contributed by atoms with Gasteiger partial charge in [-0.1, -0.05) is 42.5 Å². The van der Waals surface area contributed by atoms with Crippen LogP contribution in [0.3, 0.4) is 0 Å². The molecule has 1 saturated heterocycles. The van der Waals surface area contributed by atoms with Crippen molar-refractivity contribution < 1.29 is 4.79 Å². The van der Waals surface area contributed by atoms with Crippen LogP contribution >= 0.6 is 11.8 Å². The van der Waals surface area contributed by atoms with Crippen molar-refractivity contribution in [2.45, 2.75) is 37.3 Å². The fourth-order valence-electron chi connectivity index (χ4n) is 4.40. The summed E-state index contributed by atoms with van der Waals surface area (Å²) in [6, 6.07) is 14.0. The van der Waals surface area contributed by atoms with Crippen LogP contribution in [0.15, 0.2) is 82.0 Å². The summed E-state index contributed by atoms with van der Waals surface area (Å²) in [4.78, 5) is 16.5. The lowest BCUT2D eigenvalue weighted by atomic mass is 10.0. The van der Waals surface area contributed by atoms with E-state index in [1.54, 1.807) is 22.5 Å². The molecule has 33 heavy (non-hydrogen) atoms. The first kappa shape index (κ1) is 21.6. The van der Waals surface area contributed by atoms with Crippen LogP contribution < -0.4 is 0 Å². The molecule has 0 unspecified atom stereocenters. The van der Waals surface area contributed by atoms with E-state index in [1.807, 2.05) is 49.5 Å². The molecule has 2 aliphatic rings. The van der Waals surface area contributed by atoms with Gasteiger partial charge in [0.15, 0.2) is 5.78 Å². The van der Waals surface area contributed by atoms with Crippen LogP contribution in [0.1, 0.15) is 42.5 Å². The monoisotopic (exact) mass is 457 g/mol. The molecule has 0 spiro atoms. The maximum atomic E-state index is 12.9. The second-order valence-electron chi connectivity index (χ2n) is 8.55. The van der Waals surface area contributed by atoms with Crippen LogP contribution in [0.2, 0.25) is 0 Å². The number of rotatable bonds is 6. The van der Waals surface area contributed by atoms with Crippen molar-refractivity contribution in [3.8, 4) is 0 Å². The number of carbonyl (C=O) groups excluding carboxylic acids is 1. The molecular weight excluding hydrogens is 430 g/mol. The number of thioether (sulfide) groups is 1. The van der Waals surface area contributed by atoms with E-state index in [2.05, 4.69) is 32.7 Å². The minimum absolute atomic E-state index is 0.0198. The fraction of sp³-hybridized carbons (Fsp3) is 0.308. The van der Waals surface area contributed by atoms with Gasteiger partial charge in [0.25, 0.3) is 0 Å². The molecule has 0 saturated carbocycles. The third kappa shape index (κ3) is 4.93. The highest BCUT2D eigenvalue weighted by Gasteiger charge is 2.23. The van der Waals surface area contributed by atoms with Crippen LogP contribution in [0, 0.1) is 0 Å². The van der Waals surface area contributed by atoms with Crippen LogP contribution in [0.5, 0.6) is 0 Å². The zero-order valence-corrected chi connectivity index (χ0v) is 19.6. The molecule has 0 radical (unpaired) electrons. The number of tetrazole rings is 1. The third-order valence-electron chi connectivity index (χ3n) is 6.22. The molecule has 0 bridgehead atoms. The lowest BCUT2D eigenvalue weighted by Crippen LogP contribution is -2.24. The first-order valence-electron chi connectivity index (χ1n) is 11.5. The van der Waals surface area contributed by atoms with Crippen LogP contribution in [-0.2, 0) is 7.05 Å². The molecule has 1 aliphatic heterocycles. The van der Waals surface area contributed by atoms with Gasteiger partial charge in [0.2, 0.25) is 5.16 Å². The number of aryl methyl sites for hydroxylation is 1. The minimum Gasteiger partial charge on any atom is -0.377 e. The van der Waals surface area contributed by atoms with Crippen molar-refractivity contribution in [3.63, 3.8) is 0 Å². The highest BCUT2D eigenvalue weighted by molar-refractivity contribution is 8.03. The lowest BCUT2D eigenvalue weighted by molar-refractivity contribution is 0.104. The molecule has 1 aliphatic carbocycles. The molecule has 0 atom stereocenters. The van der Waals surface area contributed by atoms with E-state index in [1.165, 1.54) is 35.3 Å². The molecule has 5 rings (SSSR count). The fourth-order valence-corrected chi connectivity index (χ4v) is 5.41. The number of ketones is 1. The number of piperidine rings is 1. The Bertz CT molecular complexity index is 1270. The highest BCUT2D eigenvalue weighted by atomic mass is 32.2. The van der Waals surface area contributed by atoms with E-state index < -0.39 is 0 Å². The van der Waals surface area contributed by atoms with Gasteiger partial charge in [-0.05, 0) is 88.4 Å². The molecule has 2 heterocycles. The standard InChI is InChI=1S/C26H27N5OS/c1-30-26(27-28-29-30)33-25-20(10-12-23(25)18-31-15-5-2-6-16-31)13-14-24(32)22-11-9-19-7-3-4-8-21(19)17-22/h3-4,7-9,11,13-14,17-18H,2,5-6,10,12,15-16H2,1H3/b14-13+,23-18+. The van der Waals surface area contributed by atoms with E-state index in [0.29, 0.717) is 5.56 Å². The Kier molecular flexibility index (Phi) is 6.39. The smallest absolute Gasteiger partial charge is 0.213 e. The summed E-state index contributed by atoms with van der Waals surface area (Å²) >= 11 is 1.59. The zero-order valence-electron chi connectivity index (χ0n) is 18.8. The Morgan fingerprint density at radius 2 is 1.85 bits per heavy atom. The molecule has 2 aromatic carbocycles. The number of hydrogen-bond acceptors (Lipinski definition) is 6. The topological polar surface area (TPSA) is 63.9 Å². The maximum Gasteiger partial charge on any atom is 0.213 e. The van der Waals surface area contributed by atoms with Crippen LogP contribution in [0.4, 0.5) is 0 Å². The van der Waals surface area contributed by atoms with Gasteiger partial charge in [-0.2, -0.15) is 0 Å². The molecular formula is C26H27N5OS. The molecule has 168 valence electrons. The van der Waals surface area contributed by atoms with Crippen molar-refractivity contribution in [3.05, 3.63) is 82.4 Å². The van der Waals surface area contributed by atoms with Gasteiger partial charge in [-0.15, -0.1) is 5.10 Å². The number of hydrogen-bond donors (Lipinski definition) is 0. The van der Waals surface area contributed by atoms with Crippen molar-refractivity contribution >= 4 is 28.3 Å². The molecule has 1 fully saturated rings. The van der Waals surface area contributed by atoms with Gasteiger partial charge in [0.1, 0.15) is 0 Å². The number of fused-ring (bicyclic) bond motifs is 1. The van der Waals surface area contributed by atoms with Gasteiger partial charge < -0.3 is 4.90 Å². The van der Waals surface area contributed by atoms with E-state index in [-0.39, 0.29) is 5.78 Å². The van der Waals surface area contributed by atoms with E-state index in [9.17, 15) is 4.79 Å². The predicted octanol–water partition coefficient (Wildman–Crippen LogP) is 5.31. The Hall–Kier alpha value is -3.19. The molecule has 3 aromatic rings. The molecule has 0 amide bonds. The van der Waals surface area contributed by atoms with Gasteiger partial charge in [0, 0.05) is 36.8 Å². The van der Waals surface area contributed by atoms with Crippen molar-refractivity contribution in [2.75, 3.05) is 13.1 Å². The molecule has 6 nitrogen and oxygen atoms in total. The summed E-state index contributed by atoms with van der Waals surface area (Å²) < 4.78 is 1.69. The molecule has 1 aromatic heterocycles. The molecule has 7 heteroatoms. The largest absolute Gasteiger partial charge is 0.377 e. The maximum absolute atomic E-state index is 12.9. The zero-order chi connectivity index (χ0) is 22.6. The second kappa shape index (κ2) is 9.75. The summed E-state index contributed by atoms with van der Waals surface area (Å²) in [6.45, 7) is 2.22. The van der Waals surface area contributed by atoms with Crippen molar-refractivity contribution in [2.24, 2.45) is 7.05 Å². The average molecular weight is 458 g/mol. The summed E-state index contributed by atoms with van der Waals surface area (Å²) in [5, 5.41) is 14.9. The number of allylic oxidation sites excluding steroid dienone is 4. The van der Waals surface area contributed by atoms with E-state index in [4.69, 9.17) is 0 Å². The second-order valence-corrected chi connectivity index (χ2v) is 9.53. The normalized spacial score (nSPS) is 18.2. The quantitative estimate of drug-likeness (QED) is 0.369. The Balaban J connectivity index is 1.43. The number of nitrogens with zero attached hydrogens (tertiary/aromatic N) is 5. The number of likely N-dealkylation sites (tertiary alicyclic amines) is 1. The number of benzene rings is 2. The lowest BCUT2D eigenvalue weighted by Gasteiger charge is -2.26. The van der Waals surface area contributed by atoms with Crippen molar-refractivity contribution in [1.82, 2.24) is 25.1 Å². The van der Waals surface area contributed by atoms with E-state index in [0.717, 1.165) is 41.9 Å². The van der Waals surface area contributed by atoms with E-state index >= 15 is 0 Å². The van der Waals surface area contributed by atoms with Gasteiger partial charge in [-0.3, -0.25) is 4.79 Å². The SMILES string of the molecule is Cn1nnnc1SC1=C(/C=C/C(=O)c2ccc3ccccc3c2)CC/C1=C\N1CCCCC1. The number of carbonyl (C=O) groups is 1. The first-order chi connectivity index (χ1) is 16.2. The summed E-state index contributed by atoms with van der Waals surface area (Å²) in [7, 11) is 1.85. The summed E-state index contributed by atoms with van der Waals surface area (Å²) in [6.07, 6.45) is 11.7. The summed E-state index contributed by atoms with van der Waals surface area (Å²) in [5.41, 5.74) is 3.18. The number of aromatic nitrogens is 4. The third-order valence-corrected chi connectivity index (χ3v) is 7.48. The van der Waals surface area contributed by atoms with Gasteiger partial charge in [0.05, 0.1) is 0 Å². The molecule has 0 N–H and O–H groups in total.